The van der Waals surface area contributed by atoms with Crippen molar-refractivity contribution in [3.8, 4) is 17.1 Å². The van der Waals surface area contributed by atoms with Crippen molar-refractivity contribution in [1.82, 2.24) is 14.3 Å². The molecule has 1 heterocycles. The summed E-state index contributed by atoms with van der Waals surface area (Å²) < 4.78 is 48.9. The van der Waals surface area contributed by atoms with Crippen molar-refractivity contribution in [3.05, 3.63) is 34.7 Å². The highest BCUT2D eigenvalue weighted by molar-refractivity contribution is 5.66. The number of carbonyl (C=O) groups is 1. The van der Waals surface area contributed by atoms with E-state index >= 15 is 0 Å². The molecule has 0 atom stereocenters. The van der Waals surface area contributed by atoms with Crippen LogP contribution in [0.2, 0.25) is 0 Å². The van der Waals surface area contributed by atoms with E-state index in [2.05, 4.69) is 9.84 Å². The van der Waals surface area contributed by atoms with E-state index in [1.165, 1.54) is 29.7 Å². The van der Waals surface area contributed by atoms with Crippen LogP contribution in [0.3, 0.4) is 0 Å². The molecule has 1 saturated carbocycles. The van der Waals surface area contributed by atoms with Crippen molar-refractivity contribution in [2.45, 2.75) is 38.9 Å². The van der Waals surface area contributed by atoms with Crippen LogP contribution in [0.1, 0.15) is 25.8 Å². The molecule has 2 aromatic rings. The van der Waals surface area contributed by atoms with E-state index in [0.717, 1.165) is 10.7 Å². The fourth-order valence-corrected chi connectivity index (χ4v) is 2.37. The van der Waals surface area contributed by atoms with Crippen LogP contribution in [0.15, 0.2) is 29.1 Å². The smallest absolute Gasteiger partial charge is 0.442 e. The van der Waals surface area contributed by atoms with E-state index < -0.39 is 30.5 Å². The van der Waals surface area contributed by atoms with Crippen molar-refractivity contribution in [1.29, 1.82) is 0 Å². The van der Waals surface area contributed by atoms with Gasteiger partial charge in [-0.3, -0.25) is 9.36 Å². The van der Waals surface area contributed by atoms with E-state index in [1.54, 1.807) is 0 Å². The maximum Gasteiger partial charge on any atom is 0.573 e. The van der Waals surface area contributed by atoms with Crippen molar-refractivity contribution in [2.75, 3.05) is 0 Å². The van der Waals surface area contributed by atoms with Gasteiger partial charge in [0.1, 0.15) is 5.75 Å². The Morgan fingerprint density at radius 1 is 1.32 bits per heavy atom. The summed E-state index contributed by atoms with van der Waals surface area (Å²) in [6.07, 6.45) is -3.44. The number of esters is 1. The molecule has 1 aliphatic carbocycles. The second-order valence-corrected chi connectivity index (χ2v) is 5.52. The molecule has 0 bridgehead atoms. The number of rotatable bonds is 5. The maximum absolute atomic E-state index is 12.6. The third-order valence-corrected chi connectivity index (χ3v) is 3.53. The number of hydrogen-bond acceptors (Lipinski definition) is 5. The quantitative estimate of drug-likeness (QED) is 0.769. The Labute approximate surface area is 139 Å². The van der Waals surface area contributed by atoms with E-state index in [4.69, 9.17) is 4.74 Å². The van der Waals surface area contributed by atoms with Crippen molar-refractivity contribution >= 4 is 5.97 Å². The predicted octanol–water partition coefficient (Wildman–Crippen LogP) is 2.47. The van der Waals surface area contributed by atoms with Gasteiger partial charge >= 0.3 is 18.0 Å². The average Bonchev–Trinajstić information content (AvgIpc) is 3.29. The van der Waals surface area contributed by atoms with Crippen LogP contribution in [0, 0.1) is 0 Å². The molecule has 1 aromatic carbocycles. The molecule has 0 amide bonds. The number of para-hydroxylation sites is 1. The van der Waals surface area contributed by atoms with Crippen LogP contribution in [-0.2, 0) is 16.3 Å². The molecule has 1 aromatic heterocycles. The summed E-state index contributed by atoms with van der Waals surface area (Å²) in [5.41, 5.74) is -0.522. The molecule has 0 unspecified atom stereocenters. The van der Waals surface area contributed by atoms with Crippen LogP contribution in [0.5, 0.6) is 5.75 Å². The molecule has 1 fully saturated rings. The number of nitrogens with zero attached hydrogens (tertiary/aromatic N) is 3. The fraction of sp³-hybridized carbons (Fsp3) is 0.400. The molecule has 7 nitrogen and oxygen atoms in total. The van der Waals surface area contributed by atoms with Gasteiger partial charge in [0, 0.05) is 13.0 Å². The minimum atomic E-state index is -4.87. The molecule has 10 heteroatoms. The Bertz CT molecular complexity index is 852. The van der Waals surface area contributed by atoms with Crippen LogP contribution >= 0.6 is 0 Å². The molecule has 134 valence electrons. The lowest BCUT2D eigenvalue weighted by molar-refractivity contribution is -0.274. The number of carbonyl (C=O) groups excluding carboxylic acids is 1. The van der Waals surface area contributed by atoms with Gasteiger partial charge in [0.25, 0.3) is 0 Å². The molecular weight excluding hydrogens is 343 g/mol. The number of benzene rings is 1. The number of aromatic nitrogens is 3. The molecule has 0 spiro atoms. The lowest BCUT2D eigenvalue weighted by Crippen LogP contribution is -2.26. The third kappa shape index (κ3) is 3.83. The number of ether oxygens (including phenoxy) is 2. The molecule has 0 aliphatic heterocycles. The predicted molar refractivity (Wildman–Crippen MR) is 78.6 cm³/mol. The van der Waals surface area contributed by atoms with Crippen LogP contribution in [0.4, 0.5) is 13.2 Å². The summed E-state index contributed by atoms with van der Waals surface area (Å²) in [6, 6.07) is 5.30. The largest absolute Gasteiger partial charge is 0.573 e. The molecule has 0 radical (unpaired) electrons. The van der Waals surface area contributed by atoms with Gasteiger partial charge in [-0.25, -0.2) is 4.79 Å². The van der Waals surface area contributed by atoms with E-state index in [9.17, 15) is 22.8 Å². The lowest BCUT2D eigenvalue weighted by Gasteiger charge is -2.13. The van der Waals surface area contributed by atoms with Gasteiger partial charge in [-0.05, 0) is 25.0 Å². The van der Waals surface area contributed by atoms with Crippen molar-refractivity contribution < 1.29 is 27.4 Å². The maximum atomic E-state index is 12.6. The summed E-state index contributed by atoms with van der Waals surface area (Å²) in [6.45, 7) is 0.763. The number of alkyl halides is 3. The lowest BCUT2D eigenvalue weighted by atomic mass is 10.2. The molecular formula is C15H14F3N3O4. The van der Waals surface area contributed by atoms with Gasteiger partial charge in [-0.1, -0.05) is 12.1 Å². The van der Waals surface area contributed by atoms with E-state index in [-0.39, 0.29) is 17.4 Å². The monoisotopic (exact) mass is 357 g/mol. The molecule has 25 heavy (non-hydrogen) atoms. The summed E-state index contributed by atoms with van der Waals surface area (Å²) in [5.74, 6) is -1.02. The Kier molecular flexibility index (Phi) is 4.27. The van der Waals surface area contributed by atoms with Crippen molar-refractivity contribution in [2.24, 2.45) is 0 Å². The zero-order valence-electron chi connectivity index (χ0n) is 13.1. The first kappa shape index (κ1) is 17.1. The number of halogens is 3. The summed E-state index contributed by atoms with van der Waals surface area (Å²) in [5, 5.41) is 4.05. The average molecular weight is 357 g/mol. The minimum absolute atomic E-state index is 0.0328. The SMILES string of the molecule is CC(=O)OCn1nc(-c2ccccc2OC(F)(F)F)n(C2CC2)c1=O. The van der Waals surface area contributed by atoms with E-state index in [1.807, 2.05) is 0 Å². The fourth-order valence-electron chi connectivity index (χ4n) is 2.37. The highest BCUT2D eigenvalue weighted by Crippen LogP contribution is 2.39. The normalized spacial score (nSPS) is 14.4. The standard InChI is InChI=1S/C15H14F3N3O4/c1-9(22)24-8-20-14(23)21(10-6-7-10)13(19-20)11-4-2-3-5-12(11)25-15(16,17)18/h2-5,10H,6-8H2,1H3. The number of hydrogen-bond donors (Lipinski definition) is 0. The van der Waals surface area contributed by atoms with Gasteiger partial charge in [0.15, 0.2) is 12.6 Å². The van der Waals surface area contributed by atoms with Crippen molar-refractivity contribution in [3.63, 3.8) is 0 Å². The van der Waals surface area contributed by atoms with Gasteiger partial charge in [-0.15, -0.1) is 18.3 Å². The van der Waals surface area contributed by atoms with Gasteiger partial charge in [0.05, 0.1) is 5.56 Å². The zero-order valence-corrected chi connectivity index (χ0v) is 13.1. The second-order valence-electron chi connectivity index (χ2n) is 5.52. The highest BCUT2D eigenvalue weighted by atomic mass is 19.4. The second kappa shape index (κ2) is 6.26. The summed E-state index contributed by atoms with van der Waals surface area (Å²) >= 11 is 0. The highest BCUT2D eigenvalue weighted by Gasteiger charge is 2.35. The Balaban J connectivity index is 2.07. The molecule has 3 rings (SSSR count). The minimum Gasteiger partial charge on any atom is -0.442 e. The first-order chi connectivity index (χ1) is 11.8. The van der Waals surface area contributed by atoms with Crippen LogP contribution in [-0.4, -0.2) is 26.7 Å². The first-order valence-electron chi connectivity index (χ1n) is 7.44. The van der Waals surface area contributed by atoms with Gasteiger partial charge in [0.2, 0.25) is 0 Å². The third-order valence-electron chi connectivity index (χ3n) is 3.53. The van der Waals surface area contributed by atoms with Gasteiger partial charge < -0.3 is 9.47 Å². The topological polar surface area (TPSA) is 75.4 Å². The van der Waals surface area contributed by atoms with Gasteiger partial charge in [-0.2, -0.15) is 4.68 Å². The molecule has 0 N–H and O–H groups in total. The molecule has 1 aliphatic rings. The summed E-state index contributed by atoms with van der Waals surface area (Å²) in [4.78, 5) is 23.4. The Hall–Kier alpha value is -2.78. The van der Waals surface area contributed by atoms with Crippen LogP contribution in [0.25, 0.3) is 11.4 Å². The Morgan fingerprint density at radius 3 is 2.60 bits per heavy atom. The zero-order chi connectivity index (χ0) is 18.2. The van der Waals surface area contributed by atoms with Crippen LogP contribution < -0.4 is 10.4 Å². The summed E-state index contributed by atoms with van der Waals surface area (Å²) in [7, 11) is 0. The Morgan fingerprint density at radius 2 is 2.00 bits per heavy atom. The first-order valence-corrected chi connectivity index (χ1v) is 7.44. The van der Waals surface area contributed by atoms with E-state index in [0.29, 0.717) is 12.8 Å². The molecule has 0 saturated heterocycles.